The molecule has 5 nitrogen and oxygen atoms in total. The number of aryl methyl sites for hydroxylation is 2. The molecular weight excluding hydrogens is 368 g/mol. The topological polar surface area (TPSA) is 52.8 Å². The first kappa shape index (κ1) is 20.4. The van der Waals surface area contributed by atoms with Gasteiger partial charge in [0.1, 0.15) is 23.7 Å². The van der Waals surface area contributed by atoms with Crippen LogP contribution < -0.4 is 4.74 Å². The molecule has 2 unspecified atom stereocenters. The van der Waals surface area contributed by atoms with E-state index < -0.39 is 0 Å². The van der Waals surface area contributed by atoms with E-state index in [1.165, 1.54) is 11.1 Å². The van der Waals surface area contributed by atoms with E-state index in [1.54, 1.807) is 0 Å². The molecule has 0 spiro atoms. The second kappa shape index (κ2) is 10.7. The Morgan fingerprint density at radius 2 is 1.07 bits per heavy atom. The molecule has 2 heterocycles. The minimum atomic E-state index is 0.349. The second-order valence-corrected chi connectivity index (χ2v) is 7.66. The van der Waals surface area contributed by atoms with Gasteiger partial charge in [-0.3, -0.25) is 0 Å². The summed E-state index contributed by atoms with van der Waals surface area (Å²) in [5.41, 5.74) is 2.60. The second-order valence-electron chi connectivity index (χ2n) is 7.66. The highest BCUT2D eigenvalue weighted by atomic mass is 16.6. The molecule has 0 bridgehead atoms. The third-order valence-corrected chi connectivity index (χ3v) is 5.00. The molecule has 29 heavy (non-hydrogen) atoms. The number of rotatable bonds is 14. The van der Waals surface area contributed by atoms with Gasteiger partial charge in [-0.15, -0.1) is 0 Å². The zero-order chi connectivity index (χ0) is 19.7. The summed E-state index contributed by atoms with van der Waals surface area (Å²) in [5.74, 6) is 1.72. The molecular formula is C24H30O5. The van der Waals surface area contributed by atoms with E-state index >= 15 is 0 Å². The van der Waals surface area contributed by atoms with E-state index in [-0.39, 0.29) is 0 Å². The van der Waals surface area contributed by atoms with Crippen molar-refractivity contribution < 1.29 is 23.7 Å². The fourth-order valence-corrected chi connectivity index (χ4v) is 3.10. The van der Waals surface area contributed by atoms with Crippen LogP contribution in [0.5, 0.6) is 11.5 Å². The molecule has 0 saturated carbocycles. The quantitative estimate of drug-likeness (QED) is 0.353. The maximum Gasteiger partial charge on any atom is 0.127 e. The number of epoxide rings is 2. The predicted molar refractivity (Wildman–Crippen MR) is 111 cm³/mol. The third-order valence-electron chi connectivity index (χ3n) is 5.00. The molecule has 2 aromatic carbocycles. The van der Waals surface area contributed by atoms with Gasteiger partial charge >= 0.3 is 0 Å². The summed E-state index contributed by atoms with van der Waals surface area (Å²) in [7, 11) is 0. The van der Waals surface area contributed by atoms with E-state index in [0.29, 0.717) is 12.2 Å². The summed E-state index contributed by atoms with van der Waals surface area (Å²) in [6.07, 6.45) is 4.76. The molecule has 2 fully saturated rings. The molecule has 0 radical (unpaired) electrons. The Morgan fingerprint density at radius 3 is 1.45 bits per heavy atom. The first-order chi connectivity index (χ1) is 14.3. The van der Waals surface area contributed by atoms with Gasteiger partial charge in [0, 0.05) is 13.2 Å². The normalized spacial score (nSPS) is 19.9. The Kier molecular flexibility index (Phi) is 7.54. The zero-order valence-electron chi connectivity index (χ0n) is 16.9. The van der Waals surface area contributed by atoms with Gasteiger partial charge in [-0.25, -0.2) is 0 Å². The lowest BCUT2D eigenvalue weighted by molar-refractivity contribution is 0.114. The Morgan fingerprint density at radius 1 is 0.655 bits per heavy atom. The molecule has 0 amide bonds. The lowest BCUT2D eigenvalue weighted by Crippen LogP contribution is -2.03. The molecule has 0 aliphatic carbocycles. The fourth-order valence-electron chi connectivity index (χ4n) is 3.10. The molecule has 5 heteroatoms. The van der Waals surface area contributed by atoms with Crippen LogP contribution in [0.4, 0.5) is 0 Å². The fraction of sp³-hybridized carbons (Fsp3) is 0.500. The van der Waals surface area contributed by atoms with E-state index in [4.69, 9.17) is 23.7 Å². The summed E-state index contributed by atoms with van der Waals surface area (Å²) in [4.78, 5) is 0. The highest BCUT2D eigenvalue weighted by Crippen LogP contribution is 2.23. The van der Waals surface area contributed by atoms with Gasteiger partial charge in [-0.1, -0.05) is 24.3 Å². The van der Waals surface area contributed by atoms with Crippen LogP contribution >= 0.6 is 0 Å². The molecule has 4 rings (SSSR count). The number of benzene rings is 2. The van der Waals surface area contributed by atoms with Crippen LogP contribution in [-0.4, -0.2) is 51.8 Å². The van der Waals surface area contributed by atoms with Crippen molar-refractivity contribution in [3.8, 4) is 11.5 Å². The van der Waals surface area contributed by atoms with Crippen molar-refractivity contribution >= 4 is 0 Å². The average Bonchev–Trinajstić information content (AvgIpc) is 3.66. The van der Waals surface area contributed by atoms with Crippen LogP contribution in [0.3, 0.4) is 0 Å². The van der Waals surface area contributed by atoms with Crippen molar-refractivity contribution in [3.05, 3.63) is 59.7 Å². The van der Waals surface area contributed by atoms with Crippen LogP contribution in [-0.2, 0) is 31.8 Å². The summed E-state index contributed by atoms with van der Waals surface area (Å²) in [6.45, 7) is 4.74. The van der Waals surface area contributed by atoms with Crippen LogP contribution in [0.25, 0.3) is 0 Å². The molecule has 0 N–H and O–H groups in total. The SMILES string of the molecule is c1cc(Oc2ccc(CCCOCC3CO3)cc2)ccc1CCCOCC1CO1. The Hall–Kier alpha value is -1.92. The highest BCUT2D eigenvalue weighted by Gasteiger charge is 2.22. The van der Waals surface area contributed by atoms with Crippen LogP contribution in [0.2, 0.25) is 0 Å². The van der Waals surface area contributed by atoms with Crippen molar-refractivity contribution in [2.45, 2.75) is 37.9 Å². The number of hydrogen-bond acceptors (Lipinski definition) is 5. The minimum Gasteiger partial charge on any atom is -0.457 e. The van der Waals surface area contributed by atoms with E-state index in [1.807, 2.05) is 24.3 Å². The molecule has 2 aromatic rings. The minimum absolute atomic E-state index is 0.349. The largest absolute Gasteiger partial charge is 0.457 e. The van der Waals surface area contributed by atoms with Gasteiger partial charge in [-0.2, -0.15) is 0 Å². The highest BCUT2D eigenvalue weighted by molar-refractivity contribution is 5.34. The summed E-state index contributed by atoms with van der Waals surface area (Å²) in [6, 6.07) is 16.6. The molecule has 2 aliphatic rings. The van der Waals surface area contributed by atoms with Gasteiger partial charge < -0.3 is 23.7 Å². The third kappa shape index (κ3) is 7.78. The van der Waals surface area contributed by atoms with Gasteiger partial charge in [0.2, 0.25) is 0 Å². The van der Waals surface area contributed by atoms with Gasteiger partial charge in [-0.05, 0) is 61.1 Å². The van der Waals surface area contributed by atoms with Crippen molar-refractivity contribution in [1.82, 2.24) is 0 Å². The van der Waals surface area contributed by atoms with Gasteiger partial charge in [0.15, 0.2) is 0 Å². The molecule has 2 saturated heterocycles. The van der Waals surface area contributed by atoms with Crippen molar-refractivity contribution in [1.29, 1.82) is 0 Å². The lowest BCUT2D eigenvalue weighted by atomic mass is 10.1. The lowest BCUT2D eigenvalue weighted by Gasteiger charge is -2.08. The number of hydrogen-bond donors (Lipinski definition) is 0. The van der Waals surface area contributed by atoms with Crippen LogP contribution in [0, 0.1) is 0 Å². The van der Waals surface area contributed by atoms with E-state index in [0.717, 1.165) is 76.8 Å². The maximum absolute atomic E-state index is 5.96. The Labute approximate surface area is 172 Å². The average molecular weight is 398 g/mol. The van der Waals surface area contributed by atoms with Crippen molar-refractivity contribution in [3.63, 3.8) is 0 Å². The van der Waals surface area contributed by atoms with Crippen LogP contribution in [0.15, 0.2) is 48.5 Å². The summed E-state index contributed by atoms with van der Waals surface area (Å²) in [5, 5.41) is 0. The smallest absolute Gasteiger partial charge is 0.127 e. The number of ether oxygens (including phenoxy) is 5. The van der Waals surface area contributed by atoms with Gasteiger partial charge in [0.05, 0.1) is 26.4 Å². The van der Waals surface area contributed by atoms with Crippen molar-refractivity contribution in [2.75, 3.05) is 39.6 Å². The summed E-state index contributed by atoms with van der Waals surface area (Å²) >= 11 is 0. The van der Waals surface area contributed by atoms with Crippen LogP contribution in [0.1, 0.15) is 24.0 Å². The molecule has 156 valence electrons. The first-order valence-electron chi connectivity index (χ1n) is 10.6. The monoisotopic (exact) mass is 398 g/mol. The van der Waals surface area contributed by atoms with Crippen molar-refractivity contribution in [2.24, 2.45) is 0 Å². The van der Waals surface area contributed by atoms with Gasteiger partial charge in [0.25, 0.3) is 0 Å². The van der Waals surface area contributed by atoms with E-state index in [2.05, 4.69) is 24.3 Å². The molecule has 0 aromatic heterocycles. The molecule has 2 aliphatic heterocycles. The Balaban J connectivity index is 1.12. The predicted octanol–water partition coefficient (Wildman–Crippen LogP) is 4.17. The summed E-state index contributed by atoms with van der Waals surface area (Å²) < 4.78 is 27.4. The first-order valence-corrected chi connectivity index (χ1v) is 10.6. The maximum atomic E-state index is 5.96. The molecule has 2 atom stereocenters. The zero-order valence-corrected chi connectivity index (χ0v) is 16.9. The Bertz CT molecular complexity index is 656. The van der Waals surface area contributed by atoms with E-state index in [9.17, 15) is 0 Å². The standard InChI is InChI=1S/C24H30O5/c1(13-25-15-23-17-27-23)3-19-5-9-21(10-6-19)29-22-11-7-20(8-12-22)4-2-14-26-16-24-18-28-24/h5-12,23-24H,1-4,13-18H2.